The predicted molar refractivity (Wildman–Crippen MR) is 128 cm³/mol. The van der Waals surface area contributed by atoms with Crippen molar-refractivity contribution in [2.75, 3.05) is 36.4 Å². The van der Waals surface area contributed by atoms with Crippen LogP contribution in [0.2, 0.25) is 0 Å². The van der Waals surface area contributed by atoms with Gasteiger partial charge in [-0.2, -0.15) is 0 Å². The number of anilines is 2. The van der Waals surface area contributed by atoms with Crippen LogP contribution in [-0.4, -0.2) is 53.9 Å². The number of nitrogens with zero attached hydrogens (tertiary/aromatic N) is 3. The van der Waals surface area contributed by atoms with Crippen molar-refractivity contribution in [1.29, 1.82) is 0 Å². The number of pyridine rings is 1. The first kappa shape index (κ1) is 23.2. The third kappa shape index (κ3) is 5.68. The SMILES string of the molecule is CC(C(=O)Nc1ccc(Oc2ccc(F)cc2)cn1)N1CCN(c2cccc(C(N)=O)c2)CC1. The molecule has 0 saturated carbocycles. The number of hydrogen-bond acceptors (Lipinski definition) is 6. The summed E-state index contributed by atoms with van der Waals surface area (Å²) in [5.74, 6) is 0.461. The fourth-order valence-electron chi connectivity index (χ4n) is 3.77. The predicted octanol–water partition coefficient (Wildman–Crippen LogP) is 3.26. The highest BCUT2D eigenvalue weighted by Crippen LogP contribution is 2.22. The molecule has 1 aliphatic heterocycles. The largest absolute Gasteiger partial charge is 0.456 e. The van der Waals surface area contributed by atoms with Crippen LogP contribution in [0.25, 0.3) is 0 Å². The van der Waals surface area contributed by atoms with E-state index in [1.54, 1.807) is 24.3 Å². The molecular formula is C25H26FN5O3. The summed E-state index contributed by atoms with van der Waals surface area (Å²) in [6.45, 7) is 4.73. The van der Waals surface area contributed by atoms with Gasteiger partial charge in [-0.3, -0.25) is 14.5 Å². The fourth-order valence-corrected chi connectivity index (χ4v) is 3.77. The third-order valence-electron chi connectivity index (χ3n) is 5.77. The van der Waals surface area contributed by atoms with Crippen molar-refractivity contribution in [2.45, 2.75) is 13.0 Å². The lowest BCUT2D eigenvalue weighted by Gasteiger charge is -2.38. The van der Waals surface area contributed by atoms with Crippen LogP contribution in [0.4, 0.5) is 15.9 Å². The van der Waals surface area contributed by atoms with E-state index in [4.69, 9.17) is 10.5 Å². The van der Waals surface area contributed by atoms with Crippen LogP contribution in [0, 0.1) is 5.82 Å². The monoisotopic (exact) mass is 463 g/mol. The second-order valence-corrected chi connectivity index (χ2v) is 8.04. The number of nitrogens with one attached hydrogen (secondary N) is 1. The summed E-state index contributed by atoms with van der Waals surface area (Å²) in [7, 11) is 0. The van der Waals surface area contributed by atoms with Gasteiger partial charge < -0.3 is 20.7 Å². The van der Waals surface area contributed by atoms with Crippen molar-refractivity contribution in [1.82, 2.24) is 9.88 Å². The summed E-state index contributed by atoms with van der Waals surface area (Å²) in [5, 5.41) is 2.84. The molecule has 3 aromatic rings. The number of nitrogens with two attached hydrogens (primary N) is 1. The third-order valence-corrected chi connectivity index (χ3v) is 5.77. The molecule has 1 unspecified atom stereocenters. The number of piperazine rings is 1. The summed E-state index contributed by atoms with van der Waals surface area (Å²) in [5.41, 5.74) is 6.81. The number of benzene rings is 2. The Morgan fingerprint density at radius 2 is 1.74 bits per heavy atom. The molecular weight excluding hydrogens is 437 g/mol. The zero-order chi connectivity index (χ0) is 24.1. The van der Waals surface area contributed by atoms with Gasteiger partial charge in [0.15, 0.2) is 0 Å². The van der Waals surface area contributed by atoms with Gasteiger partial charge in [0.2, 0.25) is 11.8 Å². The lowest BCUT2D eigenvalue weighted by molar-refractivity contribution is -0.120. The minimum atomic E-state index is -0.450. The standard InChI is InChI=1S/C25H26FN5O3/c1-17(30-11-13-31(14-12-30)20-4-2-3-18(15-20)24(27)32)25(33)29-23-10-9-22(16-28-23)34-21-7-5-19(26)6-8-21/h2-10,15-17H,11-14H2,1H3,(H2,27,32)(H,28,29,33). The van der Waals surface area contributed by atoms with Crippen LogP contribution in [0.3, 0.4) is 0 Å². The van der Waals surface area contributed by atoms with Crippen molar-refractivity contribution < 1.29 is 18.7 Å². The molecule has 2 aromatic carbocycles. The van der Waals surface area contributed by atoms with Gasteiger partial charge in [-0.25, -0.2) is 9.37 Å². The number of hydrogen-bond donors (Lipinski definition) is 2. The van der Waals surface area contributed by atoms with Crippen LogP contribution < -0.4 is 20.7 Å². The van der Waals surface area contributed by atoms with Gasteiger partial charge in [-0.1, -0.05) is 6.07 Å². The molecule has 0 bridgehead atoms. The number of primary amides is 1. The molecule has 2 heterocycles. The van der Waals surface area contributed by atoms with Gasteiger partial charge in [-0.15, -0.1) is 0 Å². The van der Waals surface area contributed by atoms with E-state index in [0.717, 1.165) is 18.8 Å². The Morgan fingerprint density at radius 1 is 1.03 bits per heavy atom. The maximum Gasteiger partial charge on any atom is 0.248 e. The normalized spacial score (nSPS) is 14.9. The maximum atomic E-state index is 13.0. The summed E-state index contributed by atoms with van der Waals surface area (Å²) in [4.78, 5) is 32.7. The van der Waals surface area contributed by atoms with Crippen molar-refractivity contribution in [3.05, 3.63) is 78.2 Å². The van der Waals surface area contributed by atoms with E-state index >= 15 is 0 Å². The first-order chi connectivity index (χ1) is 16.4. The molecule has 3 N–H and O–H groups in total. The molecule has 0 radical (unpaired) electrons. The van der Waals surface area contributed by atoms with Gasteiger partial charge in [0.25, 0.3) is 0 Å². The Balaban J connectivity index is 1.29. The highest BCUT2D eigenvalue weighted by Gasteiger charge is 2.26. The molecule has 4 rings (SSSR count). The average molecular weight is 464 g/mol. The molecule has 9 heteroatoms. The van der Waals surface area contributed by atoms with Gasteiger partial charge in [-0.05, 0) is 61.5 Å². The van der Waals surface area contributed by atoms with E-state index in [2.05, 4.69) is 20.1 Å². The summed E-state index contributed by atoms with van der Waals surface area (Å²) < 4.78 is 18.6. The Labute approximate surface area is 197 Å². The minimum absolute atomic E-state index is 0.149. The number of carbonyl (C=O) groups excluding carboxylic acids is 2. The van der Waals surface area contributed by atoms with E-state index < -0.39 is 5.91 Å². The molecule has 1 atom stereocenters. The maximum absolute atomic E-state index is 13.0. The Kier molecular flexibility index (Phi) is 7.03. The van der Waals surface area contributed by atoms with Crippen LogP contribution in [0.5, 0.6) is 11.5 Å². The van der Waals surface area contributed by atoms with Crippen molar-refractivity contribution in [2.24, 2.45) is 5.73 Å². The van der Waals surface area contributed by atoms with E-state index in [-0.39, 0.29) is 17.8 Å². The van der Waals surface area contributed by atoms with Gasteiger partial charge in [0.1, 0.15) is 23.1 Å². The first-order valence-electron chi connectivity index (χ1n) is 11.0. The van der Waals surface area contributed by atoms with Gasteiger partial charge >= 0.3 is 0 Å². The number of carbonyl (C=O) groups is 2. The molecule has 176 valence electrons. The number of ether oxygens (including phenoxy) is 1. The molecule has 1 aromatic heterocycles. The molecule has 1 saturated heterocycles. The molecule has 1 fully saturated rings. The first-order valence-corrected chi connectivity index (χ1v) is 11.0. The number of amides is 2. The molecule has 0 spiro atoms. The molecule has 0 aliphatic carbocycles. The van der Waals surface area contributed by atoms with E-state index in [1.807, 2.05) is 19.1 Å². The van der Waals surface area contributed by atoms with Crippen molar-refractivity contribution >= 4 is 23.3 Å². The minimum Gasteiger partial charge on any atom is -0.456 e. The molecule has 2 amide bonds. The second kappa shape index (κ2) is 10.3. The fraction of sp³-hybridized carbons (Fsp3) is 0.240. The lowest BCUT2D eigenvalue weighted by Crippen LogP contribution is -2.52. The highest BCUT2D eigenvalue weighted by molar-refractivity contribution is 5.94. The Morgan fingerprint density at radius 3 is 2.38 bits per heavy atom. The average Bonchev–Trinajstić information content (AvgIpc) is 2.86. The van der Waals surface area contributed by atoms with Crippen LogP contribution in [-0.2, 0) is 4.79 Å². The quantitative estimate of drug-likeness (QED) is 0.558. The highest BCUT2D eigenvalue weighted by atomic mass is 19.1. The zero-order valence-electron chi connectivity index (χ0n) is 18.8. The lowest BCUT2D eigenvalue weighted by atomic mass is 10.1. The number of aromatic nitrogens is 1. The summed E-state index contributed by atoms with van der Waals surface area (Å²) >= 11 is 0. The van der Waals surface area contributed by atoms with E-state index in [1.165, 1.54) is 30.5 Å². The van der Waals surface area contributed by atoms with E-state index in [9.17, 15) is 14.0 Å². The van der Waals surface area contributed by atoms with Crippen molar-refractivity contribution in [3.63, 3.8) is 0 Å². The van der Waals surface area contributed by atoms with E-state index in [0.29, 0.717) is 36.0 Å². The Hall–Kier alpha value is -3.98. The smallest absolute Gasteiger partial charge is 0.248 e. The van der Waals surface area contributed by atoms with Crippen LogP contribution >= 0.6 is 0 Å². The molecule has 8 nitrogen and oxygen atoms in total. The van der Waals surface area contributed by atoms with Crippen LogP contribution in [0.1, 0.15) is 17.3 Å². The Bertz CT molecular complexity index is 1150. The molecule has 34 heavy (non-hydrogen) atoms. The van der Waals surface area contributed by atoms with Gasteiger partial charge in [0, 0.05) is 37.4 Å². The second-order valence-electron chi connectivity index (χ2n) is 8.04. The van der Waals surface area contributed by atoms with Crippen molar-refractivity contribution in [3.8, 4) is 11.5 Å². The number of rotatable bonds is 7. The number of halogens is 1. The summed E-state index contributed by atoms with van der Waals surface area (Å²) in [6, 6.07) is 16.0. The zero-order valence-corrected chi connectivity index (χ0v) is 18.8. The topological polar surface area (TPSA) is 101 Å². The summed E-state index contributed by atoms with van der Waals surface area (Å²) in [6.07, 6.45) is 1.50. The van der Waals surface area contributed by atoms with Crippen LogP contribution in [0.15, 0.2) is 66.9 Å². The van der Waals surface area contributed by atoms with Gasteiger partial charge in [0.05, 0.1) is 12.2 Å². The molecule has 1 aliphatic rings.